The molecule has 1 saturated carbocycles. The van der Waals surface area contributed by atoms with Crippen LogP contribution in [0.4, 0.5) is 5.69 Å². The number of aromatic nitrogens is 1. The summed E-state index contributed by atoms with van der Waals surface area (Å²) in [5.41, 5.74) is 0.455. The third kappa shape index (κ3) is 2.35. The number of nitrogens with zero attached hydrogens (tertiary/aromatic N) is 1. The summed E-state index contributed by atoms with van der Waals surface area (Å²) in [5.74, 6) is -1.92. The molecule has 0 radical (unpaired) electrons. The van der Waals surface area contributed by atoms with E-state index >= 15 is 0 Å². The summed E-state index contributed by atoms with van der Waals surface area (Å²) in [6.45, 7) is 0. The molecular formula is C11H12N2O4. The van der Waals surface area contributed by atoms with Gasteiger partial charge in [-0.1, -0.05) is 0 Å². The van der Waals surface area contributed by atoms with Crippen molar-refractivity contribution in [3.05, 3.63) is 18.3 Å². The summed E-state index contributed by atoms with van der Waals surface area (Å²) < 4.78 is 4.98. The average Bonchev–Trinajstić information content (AvgIpc) is 3.09. The van der Waals surface area contributed by atoms with Crippen molar-refractivity contribution in [3.8, 4) is 5.88 Å². The highest BCUT2D eigenvalue weighted by atomic mass is 16.5. The van der Waals surface area contributed by atoms with Crippen LogP contribution < -0.4 is 10.1 Å². The minimum atomic E-state index is -0.927. The number of aliphatic carboxylic acids is 1. The van der Waals surface area contributed by atoms with Crippen LogP contribution >= 0.6 is 0 Å². The van der Waals surface area contributed by atoms with Gasteiger partial charge in [0, 0.05) is 6.20 Å². The number of rotatable bonds is 4. The van der Waals surface area contributed by atoms with Gasteiger partial charge in [0.25, 0.3) is 0 Å². The fourth-order valence-corrected chi connectivity index (χ4v) is 1.63. The zero-order chi connectivity index (χ0) is 12.4. The van der Waals surface area contributed by atoms with Crippen molar-refractivity contribution in [2.24, 2.45) is 11.8 Å². The molecule has 0 aliphatic heterocycles. The zero-order valence-electron chi connectivity index (χ0n) is 9.21. The second-order valence-corrected chi connectivity index (χ2v) is 3.84. The van der Waals surface area contributed by atoms with Crippen LogP contribution in [0, 0.1) is 11.8 Å². The van der Waals surface area contributed by atoms with Crippen LogP contribution in [0.1, 0.15) is 6.42 Å². The molecule has 1 aromatic heterocycles. The summed E-state index contributed by atoms with van der Waals surface area (Å²) in [6.07, 6.45) is 1.94. The minimum absolute atomic E-state index is 0.302. The first-order chi connectivity index (χ1) is 8.13. The first kappa shape index (κ1) is 11.4. The first-order valence-electron chi connectivity index (χ1n) is 5.16. The molecule has 0 aromatic carbocycles. The van der Waals surface area contributed by atoms with Gasteiger partial charge in [-0.3, -0.25) is 9.59 Å². The van der Waals surface area contributed by atoms with E-state index < -0.39 is 17.8 Å². The van der Waals surface area contributed by atoms with Gasteiger partial charge in [-0.05, 0) is 18.6 Å². The third-order valence-corrected chi connectivity index (χ3v) is 2.67. The Balaban J connectivity index is 2.02. The van der Waals surface area contributed by atoms with Gasteiger partial charge in [-0.15, -0.1) is 0 Å². The van der Waals surface area contributed by atoms with Crippen molar-refractivity contribution < 1.29 is 19.4 Å². The lowest BCUT2D eigenvalue weighted by molar-refractivity contribution is -0.139. The Kier molecular flexibility index (Phi) is 2.95. The van der Waals surface area contributed by atoms with E-state index in [4.69, 9.17) is 9.84 Å². The Morgan fingerprint density at radius 3 is 2.88 bits per heavy atom. The Morgan fingerprint density at radius 1 is 1.53 bits per heavy atom. The molecule has 90 valence electrons. The highest BCUT2D eigenvalue weighted by molar-refractivity contribution is 5.98. The number of hydrogen-bond donors (Lipinski definition) is 2. The van der Waals surface area contributed by atoms with Crippen molar-refractivity contribution in [2.75, 3.05) is 12.4 Å². The number of ether oxygens (including phenoxy) is 1. The molecule has 1 heterocycles. The van der Waals surface area contributed by atoms with Crippen molar-refractivity contribution in [1.82, 2.24) is 4.98 Å². The molecule has 2 atom stereocenters. The Morgan fingerprint density at radius 2 is 2.29 bits per heavy atom. The van der Waals surface area contributed by atoms with Crippen LogP contribution in [0.2, 0.25) is 0 Å². The molecule has 2 N–H and O–H groups in total. The van der Waals surface area contributed by atoms with E-state index in [9.17, 15) is 9.59 Å². The number of nitrogens with one attached hydrogen (secondary N) is 1. The van der Waals surface area contributed by atoms with E-state index in [1.165, 1.54) is 7.11 Å². The van der Waals surface area contributed by atoms with E-state index in [1.807, 2.05) is 0 Å². The SMILES string of the molecule is COc1ncccc1NC(=O)[C@@H]1C[C@@H]1C(=O)O. The van der Waals surface area contributed by atoms with Crippen molar-refractivity contribution in [3.63, 3.8) is 0 Å². The minimum Gasteiger partial charge on any atom is -0.481 e. The first-order valence-corrected chi connectivity index (χ1v) is 5.16. The monoisotopic (exact) mass is 236 g/mol. The zero-order valence-corrected chi connectivity index (χ0v) is 9.21. The molecule has 17 heavy (non-hydrogen) atoms. The van der Waals surface area contributed by atoms with Crippen molar-refractivity contribution in [2.45, 2.75) is 6.42 Å². The summed E-state index contributed by atoms with van der Waals surface area (Å²) in [4.78, 5) is 26.3. The number of pyridine rings is 1. The van der Waals surface area contributed by atoms with Crippen molar-refractivity contribution in [1.29, 1.82) is 0 Å². The standard InChI is InChI=1S/C11H12N2O4/c1-17-10-8(3-2-4-12-10)13-9(14)6-5-7(6)11(15)16/h2-4,6-7H,5H2,1H3,(H,13,14)(H,15,16)/t6-,7+/m1/s1. The molecular weight excluding hydrogens is 224 g/mol. The van der Waals surface area contributed by atoms with Crippen LogP contribution in [-0.2, 0) is 9.59 Å². The molecule has 1 amide bonds. The Hall–Kier alpha value is -2.11. The predicted octanol–water partition coefficient (Wildman–Crippen LogP) is 0.749. The molecule has 0 spiro atoms. The molecule has 0 saturated heterocycles. The van der Waals surface area contributed by atoms with Gasteiger partial charge in [-0.25, -0.2) is 4.98 Å². The topological polar surface area (TPSA) is 88.5 Å². The van der Waals surface area contributed by atoms with Crippen LogP contribution in [-0.4, -0.2) is 29.1 Å². The molecule has 6 nitrogen and oxygen atoms in total. The van der Waals surface area contributed by atoms with Gasteiger partial charge in [0.15, 0.2) is 0 Å². The second-order valence-electron chi connectivity index (χ2n) is 3.84. The van der Waals surface area contributed by atoms with Crippen LogP contribution in [0.25, 0.3) is 0 Å². The van der Waals surface area contributed by atoms with Crippen molar-refractivity contribution >= 4 is 17.6 Å². The lowest BCUT2D eigenvalue weighted by Gasteiger charge is -2.07. The van der Waals surface area contributed by atoms with E-state index in [0.29, 0.717) is 18.0 Å². The smallest absolute Gasteiger partial charge is 0.307 e. The highest BCUT2D eigenvalue weighted by Crippen LogP contribution is 2.39. The van der Waals surface area contributed by atoms with Gasteiger partial charge >= 0.3 is 5.97 Å². The average molecular weight is 236 g/mol. The number of carbonyl (C=O) groups is 2. The highest BCUT2D eigenvalue weighted by Gasteiger charge is 2.48. The molecule has 2 rings (SSSR count). The van der Waals surface area contributed by atoms with E-state index in [1.54, 1.807) is 18.3 Å². The summed E-state index contributed by atoms with van der Waals surface area (Å²) >= 11 is 0. The van der Waals surface area contributed by atoms with E-state index in [0.717, 1.165) is 0 Å². The van der Waals surface area contributed by atoms with Gasteiger partial charge in [0.2, 0.25) is 11.8 Å². The predicted molar refractivity (Wildman–Crippen MR) is 58.7 cm³/mol. The number of carboxylic acid groups (broad SMARTS) is 1. The number of carbonyl (C=O) groups excluding carboxylic acids is 1. The van der Waals surface area contributed by atoms with Gasteiger partial charge in [0.1, 0.15) is 5.69 Å². The number of anilines is 1. The van der Waals surface area contributed by atoms with Crippen LogP contribution in [0.15, 0.2) is 18.3 Å². The third-order valence-electron chi connectivity index (χ3n) is 2.67. The molecule has 1 fully saturated rings. The maximum atomic E-state index is 11.7. The number of amides is 1. The maximum Gasteiger partial charge on any atom is 0.307 e. The molecule has 0 unspecified atom stereocenters. The van der Waals surface area contributed by atoms with Crippen LogP contribution in [0.3, 0.4) is 0 Å². The molecule has 1 aliphatic rings. The molecule has 0 bridgehead atoms. The van der Waals surface area contributed by atoms with Gasteiger partial charge in [0.05, 0.1) is 18.9 Å². The largest absolute Gasteiger partial charge is 0.481 e. The van der Waals surface area contributed by atoms with Gasteiger partial charge < -0.3 is 15.2 Å². The van der Waals surface area contributed by atoms with E-state index in [2.05, 4.69) is 10.3 Å². The second kappa shape index (κ2) is 4.40. The summed E-state index contributed by atoms with van der Waals surface area (Å²) in [7, 11) is 1.45. The Bertz CT molecular complexity index is 461. The Labute approximate surface area is 97.6 Å². The molecule has 6 heteroatoms. The fourth-order valence-electron chi connectivity index (χ4n) is 1.63. The normalized spacial score (nSPS) is 21.7. The number of carboxylic acids is 1. The van der Waals surface area contributed by atoms with Gasteiger partial charge in [-0.2, -0.15) is 0 Å². The summed E-state index contributed by atoms with van der Waals surface area (Å²) in [6, 6.07) is 3.32. The quantitative estimate of drug-likeness (QED) is 0.805. The number of methoxy groups -OCH3 is 1. The maximum absolute atomic E-state index is 11.7. The molecule has 1 aliphatic carbocycles. The van der Waals surface area contributed by atoms with E-state index in [-0.39, 0.29) is 5.91 Å². The molecule has 1 aromatic rings. The fraction of sp³-hybridized carbons (Fsp3) is 0.364. The number of hydrogen-bond acceptors (Lipinski definition) is 4. The summed E-state index contributed by atoms with van der Waals surface area (Å²) in [5, 5.41) is 11.3. The van der Waals surface area contributed by atoms with Crippen LogP contribution in [0.5, 0.6) is 5.88 Å². The lowest BCUT2D eigenvalue weighted by Crippen LogP contribution is -2.17. The lowest BCUT2D eigenvalue weighted by atomic mass is 10.3.